The fourth-order valence-corrected chi connectivity index (χ4v) is 3.29. The van der Waals surface area contributed by atoms with Crippen LogP contribution in [0.25, 0.3) is 11.3 Å². The van der Waals surface area contributed by atoms with E-state index in [4.69, 9.17) is 0 Å². The van der Waals surface area contributed by atoms with Gasteiger partial charge in [0.25, 0.3) is 5.91 Å². The topological polar surface area (TPSA) is 42.0 Å². The van der Waals surface area contributed by atoms with Gasteiger partial charge in [-0.3, -0.25) is 10.1 Å². The summed E-state index contributed by atoms with van der Waals surface area (Å²) in [7, 11) is 0. The van der Waals surface area contributed by atoms with Crippen LogP contribution in [0.3, 0.4) is 0 Å². The monoisotopic (exact) mass is 386 g/mol. The zero-order valence-electron chi connectivity index (χ0n) is 12.8. The number of anilines is 1. The van der Waals surface area contributed by atoms with Crippen molar-refractivity contribution in [3.8, 4) is 11.3 Å². The van der Waals surface area contributed by atoms with Crippen LogP contribution in [0.5, 0.6) is 0 Å². The third-order valence-corrected chi connectivity index (χ3v) is 4.86. The predicted octanol–water partition coefficient (Wildman–Crippen LogP) is 5.44. The van der Waals surface area contributed by atoms with Gasteiger partial charge in [-0.2, -0.15) is 0 Å². The van der Waals surface area contributed by atoms with Gasteiger partial charge in [-0.15, -0.1) is 11.3 Å². The lowest BCUT2D eigenvalue weighted by Crippen LogP contribution is -2.11. The van der Waals surface area contributed by atoms with Crippen molar-refractivity contribution >= 4 is 38.3 Å². The Bertz CT molecular complexity index is 838. The zero-order valence-corrected chi connectivity index (χ0v) is 15.2. The second-order valence-corrected chi connectivity index (χ2v) is 7.37. The molecule has 0 aliphatic carbocycles. The van der Waals surface area contributed by atoms with Crippen LogP contribution in [-0.4, -0.2) is 10.9 Å². The summed E-state index contributed by atoms with van der Waals surface area (Å²) in [6, 6.07) is 15.5. The van der Waals surface area contributed by atoms with E-state index in [0.29, 0.717) is 10.7 Å². The molecule has 0 aliphatic rings. The molecule has 5 heteroatoms. The van der Waals surface area contributed by atoms with Crippen molar-refractivity contribution in [3.63, 3.8) is 0 Å². The number of carbonyl (C=O) groups is 1. The molecule has 0 saturated heterocycles. The number of nitrogens with one attached hydrogen (secondary N) is 1. The number of thiazole rings is 1. The first kappa shape index (κ1) is 15.9. The van der Waals surface area contributed by atoms with E-state index >= 15 is 0 Å². The second-order valence-electron chi connectivity index (χ2n) is 5.25. The fraction of sp³-hybridized carbons (Fsp3) is 0.111. The zero-order chi connectivity index (χ0) is 16.4. The van der Waals surface area contributed by atoms with Gasteiger partial charge in [0.2, 0.25) is 0 Å². The predicted molar refractivity (Wildman–Crippen MR) is 99.1 cm³/mol. The van der Waals surface area contributed by atoms with Crippen LogP contribution in [0.2, 0.25) is 0 Å². The molecule has 116 valence electrons. The Hall–Kier alpha value is -1.98. The van der Waals surface area contributed by atoms with Gasteiger partial charge in [0.15, 0.2) is 5.13 Å². The fourth-order valence-electron chi connectivity index (χ4n) is 2.20. The number of benzene rings is 2. The molecule has 0 spiro atoms. The van der Waals surface area contributed by atoms with Crippen LogP contribution in [-0.2, 0) is 0 Å². The summed E-state index contributed by atoms with van der Waals surface area (Å²) < 4.78 is 0.945. The summed E-state index contributed by atoms with van der Waals surface area (Å²) in [5, 5.41) is 3.49. The first-order valence-corrected chi connectivity index (χ1v) is 8.75. The van der Waals surface area contributed by atoms with Gasteiger partial charge in [-0.05, 0) is 38.1 Å². The van der Waals surface area contributed by atoms with Crippen molar-refractivity contribution in [2.45, 2.75) is 13.8 Å². The second kappa shape index (κ2) is 6.64. The van der Waals surface area contributed by atoms with Crippen molar-refractivity contribution in [2.24, 2.45) is 0 Å². The molecule has 1 heterocycles. The van der Waals surface area contributed by atoms with Crippen LogP contribution < -0.4 is 5.32 Å². The Morgan fingerprint density at radius 1 is 1.04 bits per heavy atom. The quantitative estimate of drug-likeness (QED) is 0.650. The molecule has 0 bridgehead atoms. The largest absolute Gasteiger partial charge is 0.298 e. The van der Waals surface area contributed by atoms with Crippen molar-refractivity contribution < 1.29 is 4.79 Å². The number of rotatable bonds is 3. The van der Waals surface area contributed by atoms with Crippen molar-refractivity contribution in [2.75, 3.05) is 5.32 Å². The molecule has 3 aromatic rings. The third kappa shape index (κ3) is 3.68. The molecular weight excluding hydrogens is 372 g/mol. The lowest BCUT2D eigenvalue weighted by Gasteiger charge is -2.02. The molecule has 3 rings (SSSR count). The highest BCUT2D eigenvalue weighted by Gasteiger charge is 2.13. The molecule has 3 nitrogen and oxygen atoms in total. The number of hydrogen-bond acceptors (Lipinski definition) is 3. The van der Waals surface area contributed by atoms with Gasteiger partial charge >= 0.3 is 0 Å². The first-order valence-electron chi connectivity index (χ1n) is 7.14. The Balaban J connectivity index is 1.82. The molecule has 23 heavy (non-hydrogen) atoms. The summed E-state index contributed by atoms with van der Waals surface area (Å²) in [4.78, 5) is 17.9. The minimum absolute atomic E-state index is 0.151. The Morgan fingerprint density at radius 3 is 2.35 bits per heavy atom. The van der Waals surface area contributed by atoms with Gasteiger partial charge in [0.05, 0.1) is 5.69 Å². The van der Waals surface area contributed by atoms with E-state index in [-0.39, 0.29) is 5.91 Å². The molecule has 0 radical (unpaired) electrons. The number of amides is 1. The summed E-state index contributed by atoms with van der Waals surface area (Å²) in [6.07, 6.45) is 0. The molecule has 1 amide bonds. The molecular formula is C18H15BrN2OS. The Kier molecular flexibility index (Phi) is 4.59. The van der Waals surface area contributed by atoms with Gasteiger partial charge < -0.3 is 0 Å². The molecule has 1 N–H and O–H groups in total. The molecule has 0 aliphatic heterocycles. The third-order valence-electron chi connectivity index (χ3n) is 3.45. The number of aromatic nitrogens is 1. The molecule has 0 saturated carbocycles. The van der Waals surface area contributed by atoms with Crippen LogP contribution in [0.1, 0.15) is 20.8 Å². The van der Waals surface area contributed by atoms with Gasteiger partial charge in [0, 0.05) is 20.5 Å². The Morgan fingerprint density at radius 2 is 1.70 bits per heavy atom. The highest BCUT2D eigenvalue weighted by molar-refractivity contribution is 9.10. The maximum absolute atomic E-state index is 12.3. The minimum atomic E-state index is -0.151. The highest BCUT2D eigenvalue weighted by Crippen LogP contribution is 2.30. The maximum atomic E-state index is 12.3. The van der Waals surface area contributed by atoms with E-state index in [0.717, 1.165) is 20.6 Å². The van der Waals surface area contributed by atoms with Crippen LogP contribution >= 0.6 is 27.3 Å². The molecule has 0 fully saturated rings. The average Bonchev–Trinajstić information content (AvgIpc) is 2.89. The molecule has 2 aromatic carbocycles. The van der Waals surface area contributed by atoms with Gasteiger partial charge in [-0.1, -0.05) is 45.8 Å². The maximum Gasteiger partial charge on any atom is 0.257 e. The van der Waals surface area contributed by atoms with Crippen molar-refractivity contribution in [3.05, 3.63) is 69.0 Å². The van der Waals surface area contributed by atoms with Gasteiger partial charge in [-0.25, -0.2) is 4.98 Å². The average molecular weight is 387 g/mol. The summed E-state index contributed by atoms with van der Waals surface area (Å²) in [6.45, 7) is 4.07. The normalized spacial score (nSPS) is 10.6. The van der Waals surface area contributed by atoms with E-state index in [1.165, 1.54) is 16.9 Å². The van der Waals surface area contributed by atoms with E-state index in [2.05, 4.69) is 57.4 Å². The molecule has 0 atom stereocenters. The molecule has 0 unspecified atom stereocenters. The van der Waals surface area contributed by atoms with E-state index in [1.54, 1.807) is 12.1 Å². The van der Waals surface area contributed by atoms with E-state index in [9.17, 15) is 4.79 Å². The van der Waals surface area contributed by atoms with Crippen LogP contribution in [0.4, 0.5) is 5.13 Å². The summed E-state index contributed by atoms with van der Waals surface area (Å²) in [5.41, 5.74) is 3.80. The smallest absolute Gasteiger partial charge is 0.257 e. The number of hydrogen-bond donors (Lipinski definition) is 1. The first-order chi connectivity index (χ1) is 11.0. The SMILES string of the molecule is Cc1ccc(-c2nc(NC(=O)c3ccc(Br)cc3)sc2C)cc1. The number of halogens is 1. The minimum Gasteiger partial charge on any atom is -0.298 e. The lowest BCUT2D eigenvalue weighted by molar-refractivity contribution is 0.102. The highest BCUT2D eigenvalue weighted by atomic mass is 79.9. The summed E-state index contributed by atoms with van der Waals surface area (Å²) in [5.74, 6) is -0.151. The standard InChI is InChI=1S/C18H15BrN2OS/c1-11-3-5-13(6-4-11)16-12(2)23-18(20-16)21-17(22)14-7-9-15(19)10-8-14/h3-10H,1-2H3,(H,20,21,22). The number of aryl methyl sites for hydroxylation is 2. The summed E-state index contributed by atoms with van der Waals surface area (Å²) >= 11 is 4.85. The Labute approximate surface area is 147 Å². The molecule has 1 aromatic heterocycles. The van der Waals surface area contributed by atoms with Crippen molar-refractivity contribution in [1.82, 2.24) is 4.98 Å². The van der Waals surface area contributed by atoms with Crippen molar-refractivity contribution in [1.29, 1.82) is 0 Å². The van der Waals surface area contributed by atoms with Gasteiger partial charge in [0.1, 0.15) is 0 Å². The van der Waals surface area contributed by atoms with E-state index in [1.807, 2.05) is 19.1 Å². The number of carbonyl (C=O) groups excluding carboxylic acids is 1. The lowest BCUT2D eigenvalue weighted by atomic mass is 10.1. The van der Waals surface area contributed by atoms with Crippen LogP contribution in [0, 0.1) is 13.8 Å². The van der Waals surface area contributed by atoms with E-state index < -0.39 is 0 Å². The number of nitrogens with zero attached hydrogens (tertiary/aromatic N) is 1. The van der Waals surface area contributed by atoms with Crippen LogP contribution in [0.15, 0.2) is 53.0 Å².